The zero-order chi connectivity index (χ0) is 20.3. The van der Waals surface area contributed by atoms with Gasteiger partial charge in [-0.3, -0.25) is 4.79 Å². The van der Waals surface area contributed by atoms with Crippen molar-refractivity contribution in [1.29, 1.82) is 0 Å². The van der Waals surface area contributed by atoms with E-state index in [9.17, 15) is 17.6 Å². The van der Waals surface area contributed by atoms with Gasteiger partial charge in [-0.05, 0) is 35.7 Å². The maximum Gasteiger partial charge on any atom is 0.224 e. The predicted molar refractivity (Wildman–Crippen MR) is 105 cm³/mol. The number of ether oxygens (including phenoxy) is 1. The fraction of sp³-hybridized carbons (Fsp3) is 0.350. The lowest BCUT2D eigenvalue weighted by Crippen LogP contribution is -2.36. The van der Waals surface area contributed by atoms with Crippen molar-refractivity contribution in [3.63, 3.8) is 0 Å². The number of nitrogens with one attached hydrogen (secondary N) is 1. The minimum Gasteiger partial charge on any atom is -0.496 e. The number of sulfonamides is 1. The number of hydrogen-bond acceptors (Lipinski definition) is 4. The highest BCUT2D eigenvalue weighted by Gasteiger charge is 2.30. The Labute approximate surface area is 164 Å². The van der Waals surface area contributed by atoms with Gasteiger partial charge in [0.2, 0.25) is 15.9 Å². The van der Waals surface area contributed by atoms with E-state index in [1.54, 1.807) is 6.07 Å². The summed E-state index contributed by atoms with van der Waals surface area (Å²) in [5, 5.41) is 2.78. The van der Waals surface area contributed by atoms with Crippen LogP contribution >= 0.6 is 0 Å². The van der Waals surface area contributed by atoms with Gasteiger partial charge in [0.15, 0.2) is 0 Å². The Kier molecular flexibility index (Phi) is 6.00. The number of carbonyl (C=O) groups excluding carboxylic acids is 1. The molecule has 0 aliphatic carbocycles. The summed E-state index contributed by atoms with van der Waals surface area (Å²) < 4.78 is 44.5. The second-order valence-electron chi connectivity index (χ2n) is 6.81. The molecule has 3 rings (SSSR count). The Balaban J connectivity index is 1.97. The van der Waals surface area contributed by atoms with E-state index >= 15 is 0 Å². The van der Waals surface area contributed by atoms with Gasteiger partial charge in [-0.15, -0.1) is 0 Å². The van der Waals surface area contributed by atoms with Gasteiger partial charge in [0.05, 0.1) is 19.3 Å². The fourth-order valence-corrected chi connectivity index (χ4v) is 4.32. The molecule has 1 heterocycles. The predicted octanol–water partition coefficient (Wildman–Crippen LogP) is 2.05. The molecule has 0 saturated carbocycles. The minimum atomic E-state index is -3.40. The molecule has 0 spiro atoms. The lowest BCUT2D eigenvalue weighted by Gasteiger charge is -2.22. The maximum absolute atomic E-state index is 13.9. The second-order valence-corrected chi connectivity index (χ2v) is 8.80. The van der Waals surface area contributed by atoms with Crippen molar-refractivity contribution in [1.82, 2.24) is 9.62 Å². The molecule has 0 radical (unpaired) electrons. The van der Waals surface area contributed by atoms with Gasteiger partial charge in [-0.1, -0.05) is 24.3 Å². The molecular formula is C20H23FN2O4S. The van der Waals surface area contributed by atoms with Crippen LogP contribution in [-0.2, 0) is 21.2 Å². The summed E-state index contributed by atoms with van der Waals surface area (Å²) in [6.45, 7) is 0.640. The summed E-state index contributed by atoms with van der Waals surface area (Å²) in [4.78, 5) is 12.5. The topological polar surface area (TPSA) is 75.7 Å². The molecule has 1 fully saturated rings. The number of amides is 1. The highest BCUT2D eigenvalue weighted by Crippen LogP contribution is 2.34. The van der Waals surface area contributed by atoms with Crippen molar-refractivity contribution >= 4 is 15.9 Å². The van der Waals surface area contributed by atoms with Crippen molar-refractivity contribution in [2.24, 2.45) is 5.92 Å². The average Bonchev–Trinajstić information content (AvgIpc) is 2.84. The first-order valence-electron chi connectivity index (χ1n) is 8.94. The summed E-state index contributed by atoms with van der Waals surface area (Å²) >= 11 is 0. The summed E-state index contributed by atoms with van der Waals surface area (Å²) in [6.07, 6.45) is 1.47. The molecule has 150 valence electrons. The van der Waals surface area contributed by atoms with Crippen LogP contribution in [0.3, 0.4) is 0 Å². The number of halogens is 1. The molecule has 28 heavy (non-hydrogen) atoms. The quantitative estimate of drug-likeness (QED) is 0.825. The molecule has 0 bridgehead atoms. The lowest BCUT2D eigenvalue weighted by atomic mass is 9.91. The Bertz CT molecular complexity index is 978. The van der Waals surface area contributed by atoms with Gasteiger partial charge in [0.25, 0.3) is 0 Å². The third kappa shape index (κ3) is 4.51. The number of rotatable bonds is 5. The number of carbonyl (C=O) groups is 1. The number of hydrogen-bond donors (Lipinski definition) is 1. The van der Waals surface area contributed by atoms with Gasteiger partial charge in [0, 0.05) is 25.2 Å². The normalized spacial score (nSPS) is 18.4. The summed E-state index contributed by atoms with van der Waals surface area (Å²) in [7, 11) is -1.89. The van der Waals surface area contributed by atoms with Gasteiger partial charge in [0.1, 0.15) is 11.6 Å². The van der Waals surface area contributed by atoms with Crippen LogP contribution in [0.25, 0.3) is 11.1 Å². The van der Waals surface area contributed by atoms with Crippen LogP contribution in [0.4, 0.5) is 4.39 Å². The Hall–Kier alpha value is -2.45. The van der Waals surface area contributed by atoms with Crippen LogP contribution in [0.1, 0.15) is 5.56 Å². The Morgan fingerprint density at radius 1 is 1.21 bits per heavy atom. The lowest BCUT2D eigenvalue weighted by molar-refractivity contribution is -0.124. The van der Waals surface area contributed by atoms with Crippen molar-refractivity contribution < 1.29 is 22.3 Å². The molecule has 1 aliphatic heterocycles. The van der Waals surface area contributed by atoms with Crippen molar-refractivity contribution in [3.8, 4) is 16.9 Å². The first-order chi connectivity index (χ1) is 13.3. The first kappa shape index (κ1) is 20.3. The monoisotopic (exact) mass is 406 g/mol. The molecule has 6 nitrogen and oxygen atoms in total. The summed E-state index contributed by atoms with van der Waals surface area (Å²) in [5.74, 6) is -0.594. The highest BCUT2D eigenvalue weighted by atomic mass is 32.2. The minimum absolute atomic E-state index is 0.110. The zero-order valence-corrected chi connectivity index (χ0v) is 16.6. The fourth-order valence-electron chi connectivity index (χ4n) is 3.44. The Morgan fingerprint density at radius 3 is 2.68 bits per heavy atom. The summed E-state index contributed by atoms with van der Waals surface area (Å²) in [5.41, 5.74) is 2.16. The maximum atomic E-state index is 13.9. The van der Waals surface area contributed by atoms with Crippen LogP contribution in [0.2, 0.25) is 0 Å². The molecule has 0 aromatic heterocycles. The van der Waals surface area contributed by atoms with Crippen LogP contribution in [-0.4, -0.2) is 51.6 Å². The second kappa shape index (κ2) is 8.28. The average molecular weight is 406 g/mol. The summed E-state index contributed by atoms with van der Waals surface area (Å²) in [6, 6.07) is 11.7. The van der Waals surface area contributed by atoms with Crippen LogP contribution in [0, 0.1) is 11.7 Å². The van der Waals surface area contributed by atoms with E-state index < -0.39 is 15.9 Å². The van der Waals surface area contributed by atoms with Gasteiger partial charge in [-0.25, -0.2) is 12.8 Å². The standard InChI is InChI=1S/C20H23FN2O4S/c1-27-19-8-7-16(21)12-18(19)17-6-4-3-5-14(17)11-15-13-23(28(2,25)26)10-9-22-20(15)24/h3-8,12,15H,9-11,13H2,1-2H3,(H,22,24)/t15-/m1/s1. The van der Waals surface area contributed by atoms with E-state index in [1.807, 2.05) is 24.3 Å². The van der Waals surface area contributed by atoms with Gasteiger partial charge in [-0.2, -0.15) is 4.31 Å². The number of methoxy groups -OCH3 is 1. The molecule has 1 atom stereocenters. The molecule has 1 saturated heterocycles. The highest BCUT2D eigenvalue weighted by molar-refractivity contribution is 7.88. The van der Waals surface area contributed by atoms with Gasteiger partial charge < -0.3 is 10.1 Å². The number of nitrogens with zero attached hydrogens (tertiary/aromatic N) is 1. The smallest absolute Gasteiger partial charge is 0.224 e. The van der Waals surface area contributed by atoms with Crippen molar-refractivity contribution in [3.05, 3.63) is 53.8 Å². The van der Waals surface area contributed by atoms with E-state index in [0.717, 1.165) is 17.4 Å². The molecule has 2 aromatic rings. The largest absolute Gasteiger partial charge is 0.496 e. The van der Waals surface area contributed by atoms with Crippen molar-refractivity contribution in [2.45, 2.75) is 6.42 Å². The number of benzene rings is 2. The van der Waals surface area contributed by atoms with E-state index in [1.165, 1.54) is 23.5 Å². The van der Waals surface area contributed by atoms with Crippen LogP contribution in [0.5, 0.6) is 5.75 Å². The van der Waals surface area contributed by atoms with Crippen LogP contribution < -0.4 is 10.1 Å². The molecule has 2 aromatic carbocycles. The zero-order valence-electron chi connectivity index (χ0n) is 15.8. The third-order valence-corrected chi connectivity index (χ3v) is 6.13. The molecule has 1 N–H and O–H groups in total. The SMILES string of the molecule is COc1ccc(F)cc1-c1ccccc1C[C@@H]1CN(S(C)(=O)=O)CCNC1=O. The molecule has 8 heteroatoms. The molecule has 1 amide bonds. The first-order valence-corrected chi connectivity index (χ1v) is 10.8. The van der Waals surface area contributed by atoms with E-state index in [-0.39, 0.29) is 31.4 Å². The van der Waals surface area contributed by atoms with Crippen molar-refractivity contribution in [2.75, 3.05) is 33.0 Å². The van der Waals surface area contributed by atoms with Crippen LogP contribution in [0.15, 0.2) is 42.5 Å². The van der Waals surface area contributed by atoms with Gasteiger partial charge >= 0.3 is 0 Å². The molecular weight excluding hydrogens is 383 g/mol. The van der Waals surface area contributed by atoms with E-state index in [4.69, 9.17) is 4.74 Å². The van der Waals surface area contributed by atoms with E-state index in [2.05, 4.69) is 5.32 Å². The third-order valence-electron chi connectivity index (χ3n) is 4.86. The Morgan fingerprint density at radius 2 is 1.96 bits per heavy atom. The molecule has 0 unspecified atom stereocenters. The molecule has 1 aliphatic rings. The van der Waals surface area contributed by atoms with E-state index in [0.29, 0.717) is 17.7 Å².